The van der Waals surface area contributed by atoms with Crippen molar-refractivity contribution in [1.82, 2.24) is 4.98 Å². The van der Waals surface area contributed by atoms with Crippen molar-refractivity contribution in [3.63, 3.8) is 0 Å². The number of pyridine rings is 1. The van der Waals surface area contributed by atoms with Gasteiger partial charge in [-0.3, -0.25) is 5.09 Å². The molecule has 0 fully saturated rings. The Kier molecular flexibility index (Phi) is 5.49. The fourth-order valence-electron chi connectivity index (χ4n) is 1.90. The van der Waals surface area contributed by atoms with Crippen LogP contribution in [0.1, 0.15) is 0 Å². The van der Waals surface area contributed by atoms with Crippen LogP contribution >= 0.6 is 30.9 Å². The maximum absolute atomic E-state index is 13.2. The lowest BCUT2D eigenvalue weighted by Crippen LogP contribution is -2.10. The van der Waals surface area contributed by atoms with E-state index in [-0.39, 0.29) is 0 Å². The molecule has 0 spiro atoms. The van der Waals surface area contributed by atoms with Crippen molar-refractivity contribution < 1.29 is 13.6 Å². The van der Waals surface area contributed by atoms with Gasteiger partial charge in [0.25, 0.3) is 0 Å². The van der Waals surface area contributed by atoms with Gasteiger partial charge in [-0.05, 0) is 60.7 Å². The second-order valence-corrected chi connectivity index (χ2v) is 7.37. The largest absolute Gasteiger partial charge is 0.542 e. The summed E-state index contributed by atoms with van der Waals surface area (Å²) in [5.41, 5.74) is 0. The molecule has 0 aliphatic rings. The number of aromatic nitrogens is 1. The zero-order valence-corrected chi connectivity index (χ0v) is 15.2. The number of halogens is 2. The molecule has 8 heteroatoms. The van der Waals surface area contributed by atoms with E-state index in [0.29, 0.717) is 27.4 Å². The Morgan fingerprint density at radius 3 is 1.76 bits per heavy atom. The van der Waals surface area contributed by atoms with E-state index >= 15 is 0 Å². The lowest BCUT2D eigenvalue weighted by molar-refractivity contribution is 0.392. The van der Waals surface area contributed by atoms with Gasteiger partial charge in [-0.15, -0.1) is 0 Å². The minimum absolute atomic E-state index is 0.338. The highest BCUT2D eigenvalue weighted by Gasteiger charge is 2.29. The quantitative estimate of drug-likeness (QED) is 0.514. The van der Waals surface area contributed by atoms with Crippen molar-refractivity contribution in [2.24, 2.45) is 0 Å². The zero-order valence-electron chi connectivity index (χ0n) is 12.8. The van der Waals surface area contributed by atoms with Crippen molar-refractivity contribution >= 4 is 36.8 Å². The molecular weight excluding hydrogens is 382 g/mol. The molecule has 5 nitrogen and oxygen atoms in total. The molecule has 0 radical (unpaired) electrons. The number of rotatable bonds is 6. The van der Waals surface area contributed by atoms with Crippen LogP contribution in [0.15, 0.2) is 72.9 Å². The summed E-state index contributed by atoms with van der Waals surface area (Å²) >= 11 is 11.7. The Labute approximate surface area is 155 Å². The van der Waals surface area contributed by atoms with Crippen LogP contribution in [-0.2, 0) is 4.57 Å². The third kappa shape index (κ3) is 5.13. The molecule has 0 bridgehead atoms. The molecule has 0 amide bonds. The molecule has 1 aromatic heterocycles. The monoisotopic (exact) mass is 394 g/mol. The minimum atomic E-state index is -3.81. The standard InChI is InChI=1S/C17H13Cl2N2O3P/c18-13-4-8-15(9-5-13)23-25(22,21-17-3-1-2-12-20-17)24-16-10-6-14(19)7-11-16/h1-12H,(H,20,21,22). The van der Waals surface area contributed by atoms with Crippen LogP contribution in [0.5, 0.6) is 11.5 Å². The highest BCUT2D eigenvalue weighted by Crippen LogP contribution is 2.48. The average Bonchev–Trinajstić information content (AvgIpc) is 2.60. The summed E-state index contributed by atoms with van der Waals surface area (Å²) in [5.74, 6) is 1.03. The summed E-state index contributed by atoms with van der Waals surface area (Å²) in [7, 11) is -3.81. The van der Waals surface area contributed by atoms with Gasteiger partial charge in [0, 0.05) is 16.2 Å². The smallest absolute Gasteiger partial charge is 0.400 e. The van der Waals surface area contributed by atoms with E-state index in [0.717, 1.165) is 0 Å². The van der Waals surface area contributed by atoms with E-state index in [1.54, 1.807) is 72.9 Å². The summed E-state index contributed by atoms with van der Waals surface area (Å²) < 4.78 is 24.4. The number of nitrogens with one attached hydrogen (secondary N) is 1. The topological polar surface area (TPSA) is 60.5 Å². The number of nitrogens with zero attached hydrogens (tertiary/aromatic N) is 1. The summed E-state index contributed by atoms with van der Waals surface area (Å²) in [6, 6.07) is 18.1. The third-order valence-corrected chi connectivity index (χ3v) is 4.90. The molecule has 128 valence electrons. The molecule has 0 aliphatic heterocycles. The Bertz CT molecular complexity index is 823. The number of benzene rings is 2. The van der Waals surface area contributed by atoms with Crippen LogP contribution in [0.3, 0.4) is 0 Å². The van der Waals surface area contributed by atoms with Crippen molar-refractivity contribution in [2.45, 2.75) is 0 Å². The third-order valence-electron chi connectivity index (χ3n) is 2.99. The summed E-state index contributed by atoms with van der Waals surface area (Å²) in [6.45, 7) is 0. The fraction of sp³-hybridized carbons (Fsp3) is 0. The van der Waals surface area contributed by atoms with Crippen LogP contribution in [0.4, 0.5) is 5.82 Å². The van der Waals surface area contributed by atoms with E-state index in [4.69, 9.17) is 32.2 Å². The Hall–Kier alpha value is -2.20. The van der Waals surface area contributed by atoms with Gasteiger partial charge >= 0.3 is 7.75 Å². The first-order valence-corrected chi connectivity index (χ1v) is 9.52. The van der Waals surface area contributed by atoms with Gasteiger partial charge in [0.15, 0.2) is 0 Å². The van der Waals surface area contributed by atoms with Crippen molar-refractivity contribution in [1.29, 1.82) is 0 Å². The second-order valence-electron chi connectivity index (χ2n) is 4.91. The van der Waals surface area contributed by atoms with Crippen molar-refractivity contribution in [3.8, 4) is 11.5 Å². The normalized spacial score (nSPS) is 11.0. The highest BCUT2D eigenvalue weighted by atomic mass is 35.5. The van der Waals surface area contributed by atoms with Gasteiger partial charge in [-0.1, -0.05) is 29.3 Å². The first kappa shape index (κ1) is 17.6. The molecule has 3 aromatic rings. The van der Waals surface area contributed by atoms with Crippen LogP contribution < -0.4 is 14.1 Å². The highest BCUT2D eigenvalue weighted by molar-refractivity contribution is 7.56. The lowest BCUT2D eigenvalue weighted by atomic mass is 10.3. The molecular formula is C17H13Cl2N2O3P. The molecule has 0 unspecified atom stereocenters. The SMILES string of the molecule is O=P(Nc1ccccn1)(Oc1ccc(Cl)cc1)Oc1ccc(Cl)cc1. The van der Waals surface area contributed by atoms with Gasteiger partial charge in [0.2, 0.25) is 0 Å². The van der Waals surface area contributed by atoms with Crippen molar-refractivity contribution in [2.75, 3.05) is 5.09 Å². The van der Waals surface area contributed by atoms with Crippen LogP contribution in [0.25, 0.3) is 0 Å². The van der Waals surface area contributed by atoms with Gasteiger partial charge < -0.3 is 9.05 Å². The van der Waals surface area contributed by atoms with Crippen LogP contribution in [-0.4, -0.2) is 4.98 Å². The first-order chi connectivity index (χ1) is 12.0. The van der Waals surface area contributed by atoms with E-state index in [1.165, 1.54) is 0 Å². The van der Waals surface area contributed by atoms with Crippen LogP contribution in [0.2, 0.25) is 10.0 Å². The fourth-order valence-corrected chi connectivity index (χ4v) is 3.49. The van der Waals surface area contributed by atoms with Crippen LogP contribution in [0, 0.1) is 0 Å². The predicted molar refractivity (Wildman–Crippen MR) is 99.6 cm³/mol. The van der Waals surface area contributed by atoms with Gasteiger partial charge in [-0.2, -0.15) is 0 Å². The van der Waals surface area contributed by atoms with E-state index in [9.17, 15) is 4.57 Å². The number of hydrogen-bond acceptors (Lipinski definition) is 4. The van der Waals surface area contributed by atoms with Gasteiger partial charge in [0.1, 0.15) is 17.3 Å². The Morgan fingerprint density at radius 2 is 1.32 bits per heavy atom. The van der Waals surface area contributed by atoms with E-state index in [1.807, 2.05) is 0 Å². The van der Waals surface area contributed by atoms with Gasteiger partial charge in [0.05, 0.1) is 0 Å². The first-order valence-electron chi connectivity index (χ1n) is 7.22. The lowest BCUT2D eigenvalue weighted by Gasteiger charge is -2.20. The van der Waals surface area contributed by atoms with E-state index in [2.05, 4.69) is 10.1 Å². The summed E-state index contributed by atoms with van der Waals surface area (Å²) in [6.07, 6.45) is 1.57. The molecule has 0 aliphatic carbocycles. The Balaban J connectivity index is 1.87. The maximum atomic E-state index is 13.2. The molecule has 1 heterocycles. The molecule has 1 N–H and O–H groups in total. The average molecular weight is 395 g/mol. The van der Waals surface area contributed by atoms with Gasteiger partial charge in [-0.25, -0.2) is 9.55 Å². The van der Waals surface area contributed by atoms with Crippen molar-refractivity contribution in [3.05, 3.63) is 83.0 Å². The number of hydrogen-bond donors (Lipinski definition) is 1. The summed E-state index contributed by atoms with van der Waals surface area (Å²) in [4.78, 5) is 4.09. The second kappa shape index (κ2) is 7.79. The zero-order chi connectivity index (χ0) is 17.7. The maximum Gasteiger partial charge on any atom is 0.542 e. The molecule has 0 saturated heterocycles. The predicted octanol–water partition coefficient (Wildman–Crippen LogP) is 6.07. The Morgan fingerprint density at radius 1 is 0.800 bits per heavy atom. The minimum Gasteiger partial charge on any atom is -0.400 e. The molecule has 0 atom stereocenters. The number of anilines is 1. The molecule has 25 heavy (non-hydrogen) atoms. The summed E-state index contributed by atoms with van der Waals surface area (Å²) in [5, 5.41) is 3.80. The van der Waals surface area contributed by atoms with E-state index < -0.39 is 7.75 Å². The molecule has 0 saturated carbocycles. The molecule has 2 aromatic carbocycles. The molecule has 3 rings (SSSR count).